The second kappa shape index (κ2) is 3.48. The van der Waals surface area contributed by atoms with Gasteiger partial charge in [-0.1, -0.05) is 0 Å². The van der Waals surface area contributed by atoms with E-state index in [1.165, 1.54) is 4.31 Å². The van der Waals surface area contributed by atoms with E-state index in [0.717, 1.165) is 6.42 Å². The van der Waals surface area contributed by atoms with Gasteiger partial charge >= 0.3 is 0 Å². The van der Waals surface area contributed by atoms with E-state index in [0.29, 0.717) is 26.3 Å². The van der Waals surface area contributed by atoms with E-state index in [1.54, 1.807) is 0 Å². The summed E-state index contributed by atoms with van der Waals surface area (Å²) in [5.74, 6) is 0. The lowest BCUT2D eigenvalue weighted by Gasteiger charge is -2.14. The molecule has 1 aliphatic heterocycles. The first-order valence-electron chi connectivity index (χ1n) is 3.46. The first kappa shape index (κ1) is 8.92. The van der Waals surface area contributed by atoms with Gasteiger partial charge in [-0.05, 0) is 6.42 Å². The highest BCUT2D eigenvalue weighted by molar-refractivity contribution is 7.86. The Morgan fingerprint density at radius 2 is 2.00 bits per heavy atom. The van der Waals surface area contributed by atoms with E-state index in [9.17, 15) is 8.42 Å². The van der Waals surface area contributed by atoms with Crippen LogP contribution >= 0.6 is 0 Å². The van der Waals surface area contributed by atoms with Crippen molar-refractivity contribution in [3.8, 4) is 0 Å². The van der Waals surface area contributed by atoms with E-state index in [-0.39, 0.29) is 0 Å². The number of rotatable bonds is 1. The van der Waals surface area contributed by atoms with Crippen LogP contribution in [0.5, 0.6) is 0 Å². The molecule has 1 heterocycles. The summed E-state index contributed by atoms with van der Waals surface area (Å²) in [6.45, 7) is 1.90. The maximum Gasteiger partial charge on any atom is 0.276 e. The van der Waals surface area contributed by atoms with Crippen LogP contribution in [0.2, 0.25) is 0 Å². The molecule has 1 saturated heterocycles. The zero-order valence-electron chi connectivity index (χ0n) is 6.19. The molecule has 1 fully saturated rings. The van der Waals surface area contributed by atoms with Crippen LogP contribution in [0.1, 0.15) is 6.42 Å². The van der Waals surface area contributed by atoms with E-state index < -0.39 is 10.2 Å². The fourth-order valence-electron chi connectivity index (χ4n) is 0.978. The van der Waals surface area contributed by atoms with Crippen LogP contribution in [-0.2, 0) is 14.9 Å². The van der Waals surface area contributed by atoms with Crippen molar-refractivity contribution in [2.45, 2.75) is 6.42 Å². The lowest BCUT2D eigenvalue weighted by molar-refractivity contribution is 0.148. The lowest BCUT2D eigenvalue weighted by atomic mass is 10.5. The molecule has 0 radical (unpaired) electrons. The largest absolute Gasteiger partial charge is 0.380 e. The van der Waals surface area contributed by atoms with E-state index in [4.69, 9.17) is 9.88 Å². The normalized spacial score (nSPS) is 23.0. The van der Waals surface area contributed by atoms with Crippen LogP contribution in [-0.4, -0.2) is 39.0 Å². The van der Waals surface area contributed by atoms with Crippen LogP contribution in [0.15, 0.2) is 0 Å². The Bertz CT molecular complexity index is 206. The van der Waals surface area contributed by atoms with Crippen molar-refractivity contribution in [1.29, 1.82) is 0 Å². The summed E-state index contributed by atoms with van der Waals surface area (Å²) in [4.78, 5) is 0. The van der Waals surface area contributed by atoms with Crippen LogP contribution in [0.25, 0.3) is 0 Å². The molecule has 0 aromatic rings. The molecule has 1 rings (SSSR count). The summed E-state index contributed by atoms with van der Waals surface area (Å²) in [7, 11) is -3.50. The highest BCUT2D eigenvalue weighted by Gasteiger charge is 2.18. The number of hydrogen-bond acceptors (Lipinski definition) is 3. The van der Waals surface area contributed by atoms with Gasteiger partial charge in [-0.15, -0.1) is 0 Å². The standard InChI is InChI=1S/C5H12N2O3S/c6-11(8,9)7-2-1-4-10-5-3-7/h1-5H2,(H2,6,8,9). The van der Waals surface area contributed by atoms with Crippen molar-refractivity contribution in [2.24, 2.45) is 5.14 Å². The molecular weight excluding hydrogens is 168 g/mol. The van der Waals surface area contributed by atoms with Crippen molar-refractivity contribution in [3.63, 3.8) is 0 Å². The van der Waals surface area contributed by atoms with Gasteiger partial charge in [0.05, 0.1) is 6.61 Å². The van der Waals surface area contributed by atoms with Crippen molar-refractivity contribution in [3.05, 3.63) is 0 Å². The van der Waals surface area contributed by atoms with Gasteiger partial charge in [0.1, 0.15) is 0 Å². The van der Waals surface area contributed by atoms with Crippen molar-refractivity contribution in [2.75, 3.05) is 26.3 Å². The Labute approximate surface area is 66.3 Å². The smallest absolute Gasteiger partial charge is 0.276 e. The van der Waals surface area contributed by atoms with E-state index >= 15 is 0 Å². The molecule has 0 spiro atoms. The fraction of sp³-hybridized carbons (Fsp3) is 1.00. The molecular formula is C5H12N2O3S. The average molecular weight is 180 g/mol. The average Bonchev–Trinajstić information content (AvgIpc) is 2.10. The summed E-state index contributed by atoms with van der Waals surface area (Å²) in [6.07, 6.45) is 0.719. The fourth-order valence-corrected chi connectivity index (χ4v) is 1.69. The topological polar surface area (TPSA) is 72.6 Å². The minimum Gasteiger partial charge on any atom is -0.380 e. The summed E-state index contributed by atoms with van der Waals surface area (Å²) in [5, 5.41) is 4.92. The Hall–Kier alpha value is -0.170. The highest BCUT2D eigenvalue weighted by atomic mass is 32.2. The number of ether oxygens (including phenoxy) is 1. The van der Waals surface area contributed by atoms with Crippen molar-refractivity contribution >= 4 is 10.2 Å². The summed E-state index contributed by atoms with van der Waals surface area (Å²) in [5.41, 5.74) is 0. The molecule has 0 aromatic heterocycles. The first-order chi connectivity index (χ1) is 5.11. The molecule has 5 nitrogen and oxygen atoms in total. The molecule has 0 amide bonds. The molecule has 11 heavy (non-hydrogen) atoms. The third-order valence-electron chi connectivity index (χ3n) is 1.54. The Kier molecular flexibility index (Phi) is 2.83. The van der Waals surface area contributed by atoms with Gasteiger partial charge in [0, 0.05) is 19.7 Å². The second-order valence-electron chi connectivity index (χ2n) is 2.41. The van der Waals surface area contributed by atoms with Crippen LogP contribution < -0.4 is 5.14 Å². The maximum atomic E-state index is 10.8. The molecule has 0 aromatic carbocycles. The first-order valence-corrected chi connectivity index (χ1v) is 4.96. The van der Waals surface area contributed by atoms with Gasteiger partial charge in [-0.3, -0.25) is 0 Å². The van der Waals surface area contributed by atoms with Gasteiger partial charge in [0.2, 0.25) is 0 Å². The van der Waals surface area contributed by atoms with E-state index in [2.05, 4.69) is 0 Å². The molecule has 0 aliphatic carbocycles. The summed E-state index contributed by atoms with van der Waals surface area (Å²) in [6, 6.07) is 0. The molecule has 66 valence electrons. The number of nitrogens with zero attached hydrogens (tertiary/aromatic N) is 1. The third kappa shape index (κ3) is 2.74. The van der Waals surface area contributed by atoms with Gasteiger partial charge in [-0.25, -0.2) is 5.14 Å². The second-order valence-corrected chi connectivity index (χ2v) is 3.96. The predicted molar refractivity (Wildman–Crippen MR) is 40.1 cm³/mol. The Morgan fingerprint density at radius 3 is 2.64 bits per heavy atom. The zero-order valence-corrected chi connectivity index (χ0v) is 7.01. The van der Waals surface area contributed by atoms with Gasteiger partial charge in [0.15, 0.2) is 0 Å². The Morgan fingerprint density at radius 1 is 1.27 bits per heavy atom. The number of hydrogen-bond donors (Lipinski definition) is 1. The monoisotopic (exact) mass is 180 g/mol. The molecule has 0 bridgehead atoms. The van der Waals surface area contributed by atoms with Gasteiger partial charge in [-0.2, -0.15) is 12.7 Å². The van der Waals surface area contributed by atoms with Gasteiger partial charge < -0.3 is 4.74 Å². The van der Waals surface area contributed by atoms with Gasteiger partial charge in [0.25, 0.3) is 10.2 Å². The van der Waals surface area contributed by atoms with Crippen LogP contribution in [0.4, 0.5) is 0 Å². The minimum absolute atomic E-state index is 0.374. The highest BCUT2D eigenvalue weighted by Crippen LogP contribution is 2.01. The van der Waals surface area contributed by atoms with E-state index in [1.807, 2.05) is 0 Å². The minimum atomic E-state index is -3.50. The lowest BCUT2D eigenvalue weighted by Crippen LogP contribution is -2.38. The SMILES string of the molecule is NS(=O)(=O)N1CCCOCC1. The maximum absolute atomic E-state index is 10.8. The zero-order chi connectivity index (χ0) is 8.32. The predicted octanol–water partition coefficient (Wildman–Crippen LogP) is -1.09. The summed E-state index contributed by atoms with van der Waals surface area (Å²) >= 11 is 0. The molecule has 6 heteroatoms. The third-order valence-corrected chi connectivity index (χ3v) is 2.63. The quantitative estimate of drug-likeness (QED) is 0.557. The molecule has 0 saturated carbocycles. The molecule has 0 unspecified atom stereocenters. The molecule has 2 N–H and O–H groups in total. The Balaban J connectivity index is 2.57. The van der Waals surface area contributed by atoms with Crippen LogP contribution in [0.3, 0.4) is 0 Å². The molecule has 1 aliphatic rings. The van der Waals surface area contributed by atoms with Crippen molar-refractivity contribution in [1.82, 2.24) is 4.31 Å². The van der Waals surface area contributed by atoms with Crippen LogP contribution in [0, 0.1) is 0 Å². The van der Waals surface area contributed by atoms with Crippen molar-refractivity contribution < 1.29 is 13.2 Å². The number of nitrogens with two attached hydrogens (primary N) is 1. The molecule has 0 atom stereocenters. The summed E-state index contributed by atoms with van der Waals surface area (Å²) < 4.78 is 27.9.